The summed E-state index contributed by atoms with van der Waals surface area (Å²) in [5, 5.41) is 0. The van der Waals surface area contributed by atoms with Crippen molar-refractivity contribution < 1.29 is 27.4 Å². The fourth-order valence-electron chi connectivity index (χ4n) is 4.59. The molecule has 0 spiro atoms. The Labute approximate surface area is 223 Å². The summed E-state index contributed by atoms with van der Waals surface area (Å²) in [5.41, 5.74) is 1.52. The van der Waals surface area contributed by atoms with E-state index in [0.717, 1.165) is 23.6 Å². The highest BCUT2D eigenvalue weighted by Crippen LogP contribution is 2.33. The van der Waals surface area contributed by atoms with Gasteiger partial charge in [0.25, 0.3) is 10.0 Å². The summed E-state index contributed by atoms with van der Waals surface area (Å²) >= 11 is 0. The average molecular weight is 538 g/mol. The van der Waals surface area contributed by atoms with Crippen molar-refractivity contribution in [1.82, 2.24) is 9.80 Å². The lowest BCUT2D eigenvalue weighted by molar-refractivity contribution is -0.131. The maximum absolute atomic E-state index is 13.6. The number of benzene rings is 3. The quantitative estimate of drug-likeness (QED) is 0.414. The minimum atomic E-state index is -3.96. The van der Waals surface area contributed by atoms with Crippen LogP contribution in [-0.4, -0.2) is 70.2 Å². The molecule has 200 valence electrons. The van der Waals surface area contributed by atoms with Crippen LogP contribution < -0.4 is 18.5 Å². The highest BCUT2D eigenvalue weighted by atomic mass is 32.2. The van der Waals surface area contributed by atoms with E-state index in [0.29, 0.717) is 44.2 Å². The van der Waals surface area contributed by atoms with E-state index in [4.69, 9.17) is 14.2 Å². The summed E-state index contributed by atoms with van der Waals surface area (Å²) < 4.78 is 44.7. The molecule has 10 heteroatoms. The second-order valence-corrected chi connectivity index (χ2v) is 11.0. The van der Waals surface area contributed by atoms with Crippen LogP contribution in [0.2, 0.25) is 0 Å². The Balaban J connectivity index is 1.26. The van der Waals surface area contributed by atoms with E-state index in [-0.39, 0.29) is 24.1 Å². The molecule has 0 radical (unpaired) electrons. The molecule has 0 bridgehead atoms. The third-order valence-corrected chi connectivity index (χ3v) is 8.40. The number of carbonyl (C=O) groups is 1. The Hall–Kier alpha value is -3.76. The summed E-state index contributed by atoms with van der Waals surface area (Å²) in [6.45, 7) is 5.50. The van der Waals surface area contributed by atoms with Gasteiger partial charge in [0.1, 0.15) is 12.3 Å². The van der Waals surface area contributed by atoms with Gasteiger partial charge >= 0.3 is 0 Å². The summed E-state index contributed by atoms with van der Waals surface area (Å²) in [4.78, 5) is 17.5. The van der Waals surface area contributed by atoms with Gasteiger partial charge in [0.15, 0.2) is 11.5 Å². The number of rotatable bonds is 9. The van der Waals surface area contributed by atoms with Crippen LogP contribution in [0, 0.1) is 0 Å². The summed E-state index contributed by atoms with van der Waals surface area (Å²) in [6.07, 6.45) is 0. The van der Waals surface area contributed by atoms with Crippen molar-refractivity contribution in [3.05, 3.63) is 78.4 Å². The van der Waals surface area contributed by atoms with Crippen molar-refractivity contribution >= 4 is 21.6 Å². The molecule has 1 amide bonds. The number of amides is 1. The smallest absolute Gasteiger partial charge is 0.264 e. The van der Waals surface area contributed by atoms with Crippen LogP contribution in [0.15, 0.2) is 77.7 Å². The number of fused-ring (bicyclic) bond motifs is 1. The molecule has 1 saturated heterocycles. The molecule has 2 aliphatic rings. The van der Waals surface area contributed by atoms with Crippen molar-refractivity contribution in [3.63, 3.8) is 0 Å². The second-order valence-electron chi connectivity index (χ2n) is 9.10. The zero-order valence-corrected chi connectivity index (χ0v) is 22.1. The molecule has 0 aliphatic carbocycles. The lowest BCUT2D eigenvalue weighted by Gasteiger charge is -2.36. The highest BCUT2D eigenvalue weighted by molar-refractivity contribution is 7.92. The molecule has 3 aromatic carbocycles. The molecular formula is C28H31N3O6S. The normalized spacial score (nSPS) is 15.3. The van der Waals surface area contributed by atoms with Crippen LogP contribution in [-0.2, 0) is 21.4 Å². The van der Waals surface area contributed by atoms with Crippen LogP contribution in [0.3, 0.4) is 0 Å². The molecular weight excluding hydrogens is 506 g/mol. The third-order valence-electron chi connectivity index (χ3n) is 6.61. The van der Waals surface area contributed by atoms with E-state index < -0.39 is 10.0 Å². The predicted molar refractivity (Wildman–Crippen MR) is 143 cm³/mol. The monoisotopic (exact) mass is 537 g/mol. The van der Waals surface area contributed by atoms with Gasteiger partial charge in [-0.1, -0.05) is 24.3 Å². The lowest BCUT2D eigenvalue weighted by Crippen LogP contribution is -2.51. The minimum absolute atomic E-state index is 0.134. The van der Waals surface area contributed by atoms with Gasteiger partial charge in [-0.15, -0.1) is 0 Å². The van der Waals surface area contributed by atoms with Crippen molar-refractivity contribution in [2.24, 2.45) is 0 Å². The van der Waals surface area contributed by atoms with E-state index in [1.54, 1.807) is 47.4 Å². The number of sulfonamides is 1. The fraction of sp³-hybridized carbons (Fsp3) is 0.321. The Morgan fingerprint density at radius 2 is 1.63 bits per heavy atom. The van der Waals surface area contributed by atoms with Crippen molar-refractivity contribution in [2.75, 3.05) is 50.4 Å². The fourth-order valence-corrected chi connectivity index (χ4v) is 6.02. The first-order chi connectivity index (χ1) is 18.4. The molecule has 0 N–H and O–H groups in total. The van der Waals surface area contributed by atoms with Gasteiger partial charge < -0.3 is 19.1 Å². The SMILES string of the molecule is CCOc1ccc(N(CC(=O)N2CCN(Cc3ccc4c(c3)OCO4)CC2)S(=O)(=O)c2ccccc2)cc1. The van der Waals surface area contributed by atoms with E-state index in [1.807, 2.05) is 25.1 Å². The highest BCUT2D eigenvalue weighted by Gasteiger charge is 2.30. The largest absolute Gasteiger partial charge is 0.494 e. The maximum atomic E-state index is 13.6. The van der Waals surface area contributed by atoms with Gasteiger partial charge in [-0.25, -0.2) is 8.42 Å². The molecule has 9 nitrogen and oxygen atoms in total. The molecule has 0 saturated carbocycles. The van der Waals surface area contributed by atoms with E-state index in [1.165, 1.54) is 16.4 Å². The number of hydrogen-bond acceptors (Lipinski definition) is 7. The van der Waals surface area contributed by atoms with Crippen LogP contribution in [0.4, 0.5) is 5.69 Å². The number of carbonyl (C=O) groups excluding carboxylic acids is 1. The van der Waals surface area contributed by atoms with Crippen LogP contribution >= 0.6 is 0 Å². The van der Waals surface area contributed by atoms with Crippen molar-refractivity contribution in [3.8, 4) is 17.2 Å². The van der Waals surface area contributed by atoms with E-state index in [2.05, 4.69) is 4.90 Å². The maximum Gasteiger partial charge on any atom is 0.264 e. The topological polar surface area (TPSA) is 88.6 Å². The van der Waals surface area contributed by atoms with Gasteiger partial charge in [0.05, 0.1) is 17.2 Å². The first-order valence-corrected chi connectivity index (χ1v) is 14.1. The molecule has 0 aromatic heterocycles. The number of anilines is 1. The van der Waals surface area contributed by atoms with E-state index in [9.17, 15) is 13.2 Å². The van der Waals surface area contributed by atoms with Gasteiger partial charge in [-0.3, -0.25) is 14.0 Å². The van der Waals surface area contributed by atoms with Gasteiger partial charge in [-0.05, 0) is 61.0 Å². The minimum Gasteiger partial charge on any atom is -0.494 e. The summed E-state index contributed by atoms with van der Waals surface area (Å²) in [6, 6.07) is 20.9. The van der Waals surface area contributed by atoms with Crippen LogP contribution in [0.1, 0.15) is 12.5 Å². The zero-order valence-electron chi connectivity index (χ0n) is 21.3. The van der Waals surface area contributed by atoms with Crippen molar-refractivity contribution in [1.29, 1.82) is 0 Å². The Kier molecular flexibility index (Phi) is 7.71. The van der Waals surface area contributed by atoms with Crippen LogP contribution in [0.5, 0.6) is 17.2 Å². The number of piperazine rings is 1. The average Bonchev–Trinajstić information content (AvgIpc) is 3.41. The first kappa shape index (κ1) is 25.9. The van der Waals surface area contributed by atoms with Gasteiger partial charge in [0, 0.05) is 32.7 Å². The standard InChI is InChI=1S/C28H31N3O6S/c1-2-35-24-11-9-23(10-12-24)31(38(33,34)25-6-4-3-5-7-25)20-28(32)30-16-14-29(15-17-30)19-22-8-13-26-27(18-22)37-21-36-26/h3-13,18H,2,14-17,19-21H2,1H3. The second kappa shape index (κ2) is 11.3. The molecule has 1 fully saturated rings. The first-order valence-electron chi connectivity index (χ1n) is 12.6. The predicted octanol–water partition coefficient (Wildman–Crippen LogP) is 3.35. The molecule has 0 atom stereocenters. The number of hydrogen-bond donors (Lipinski definition) is 0. The van der Waals surface area contributed by atoms with Crippen LogP contribution in [0.25, 0.3) is 0 Å². The molecule has 38 heavy (non-hydrogen) atoms. The lowest BCUT2D eigenvalue weighted by atomic mass is 10.1. The summed E-state index contributed by atoms with van der Waals surface area (Å²) in [5.74, 6) is 1.91. The molecule has 3 aromatic rings. The number of ether oxygens (including phenoxy) is 3. The number of nitrogens with zero attached hydrogens (tertiary/aromatic N) is 3. The molecule has 2 aliphatic heterocycles. The van der Waals surface area contributed by atoms with E-state index >= 15 is 0 Å². The zero-order chi connectivity index (χ0) is 26.5. The molecule has 5 rings (SSSR count). The molecule has 2 heterocycles. The van der Waals surface area contributed by atoms with Gasteiger partial charge in [0.2, 0.25) is 12.7 Å². The Morgan fingerprint density at radius 3 is 2.34 bits per heavy atom. The Morgan fingerprint density at radius 1 is 0.921 bits per heavy atom. The third kappa shape index (κ3) is 5.71. The summed E-state index contributed by atoms with van der Waals surface area (Å²) in [7, 11) is -3.96. The van der Waals surface area contributed by atoms with Crippen molar-refractivity contribution in [2.45, 2.75) is 18.4 Å². The van der Waals surface area contributed by atoms with Gasteiger partial charge in [-0.2, -0.15) is 0 Å². The molecule has 0 unspecified atom stereocenters. The Bertz CT molecular complexity index is 1360.